The fourth-order valence-corrected chi connectivity index (χ4v) is 2.28. The fourth-order valence-electron chi connectivity index (χ4n) is 2.28. The van der Waals surface area contributed by atoms with Crippen molar-refractivity contribution in [1.82, 2.24) is 10.2 Å². The minimum absolute atomic E-state index is 0.175. The molecule has 1 unspecified atom stereocenters. The number of ether oxygens (including phenoxy) is 2. The molecule has 0 aliphatic carbocycles. The van der Waals surface area contributed by atoms with Crippen molar-refractivity contribution in [2.24, 2.45) is 0 Å². The molecule has 0 bridgehead atoms. The average molecular weight is 266 g/mol. The van der Waals surface area contributed by atoms with Gasteiger partial charge in [0.15, 0.2) is 11.5 Å². The van der Waals surface area contributed by atoms with E-state index in [0.717, 1.165) is 38.3 Å². The van der Waals surface area contributed by atoms with Gasteiger partial charge in [-0.25, -0.2) is 0 Å². The second kappa shape index (κ2) is 6.75. The Kier molecular flexibility index (Phi) is 5.01. The molecule has 1 fully saturated rings. The van der Waals surface area contributed by atoms with Crippen LogP contribution in [-0.4, -0.2) is 56.5 Å². The summed E-state index contributed by atoms with van der Waals surface area (Å²) in [4.78, 5) is 2.21. The second-order valence-corrected chi connectivity index (χ2v) is 4.90. The lowest BCUT2D eigenvalue weighted by Gasteiger charge is -2.28. The molecule has 0 radical (unpaired) electrons. The van der Waals surface area contributed by atoms with Crippen LogP contribution >= 0.6 is 0 Å². The van der Waals surface area contributed by atoms with E-state index < -0.39 is 0 Å². The van der Waals surface area contributed by atoms with Crippen molar-refractivity contribution in [2.75, 3.05) is 40.4 Å². The number of rotatable bonds is 5. The highest BCUT2D eigenvalue weighted by Gasteiger charge is 2.15. The number of benzene rings is 1. The maximum Gasteiger partial charge on any atom is 0.160 e. The third-order valence-electron chi connectivity index (χ3n) is 3.22. The number of phenols is 1. The summed E-state index contributed by atoms with van der Waals surface area (Å²) >= 11 is 0. The van der Waals surface area contributed by atoms with Crippen molar-refractivity contribution in [1.29, 1.82) is 0 Å². The van der Waals surface area contributed by atoms with Crippen LogP contribution in [0.2, 0.25) is 0 Å². The summed E-state index contributed by atoms with van der Waals surface area (Å²) in [6.45, 7) is 4.32. The van der Waals surface area contributed by atoms with Crippen LogP contribution in [0.15, 0.2) is 18.2 Å². The van der Waals surface area contributed by atoms with E-state index in [4.69, 9.17) is 9.47 Å². The van der Waals surface area contributed by atoms with Crippen LogP contribution in [0.4, 0.5) is 0 Å². The number of hydrogen-bond acceptors (Lipinski definition) is 5. The largest absolute Gasteiger partial charge is 0.504 e. The first-order valence-electron chi connectivity index (χ1n) is 6.56. The molecule has 0 aromatic heterocycles. The van der Waals surface area contributed by atoms with E-state index in [0.29, 0.717) is 5.75 Å². The van der Waals surface area contributed by atoms with Gasteiger partial charge in [-0.05, 0) is 24.7 Å². The maximum atomic E-state index is 9.56. The molecular formula is C14H22N2O3. The normalized spacial score (nSPS) is 19.6. The zero-order valence-corrected chi connectivity index (χ0v) is 11.6. The molecule has 1 aliphatic heterocycles. The number of hydrogen-bond donors (Lipinski definition) is 2. The summed E-state index contributed by atoms with van der Waals surface area (Å²) in [5.41, 5.74) is 1.11. The highest BCUT2D eigenvalue weighted by Crippen LogP contribution is 2.26. The van der Waals surface area contributed by atoms with Crippen molar-refractivity contribution >= 4 is 0 Å². The molecule has 0 amide bonds. The number of aromatic hydroxyl groups is 1. The predicted octanol–water partition coefficient (Wildman–Crippen LogP) is 0.821. The molecule has 5 heteroatoms. The number of likely N-dealkylation sites (N-methyl/N-ethyl adjacent to an activating group) is 1. The minimum Gasteiger partial charge on any atom is -0.504 e. The lowest BCUT2D eigenvalue weighted by Crippen LogP contribution is -2.44. The first-order valence-corrected chi connectivity index (χ1v) is 6.56. The third-order valence-corrected chi connectivity index (χ3v) is 3.22. The molecule has 0 saturated carbocycles. The van der Waals surface area contributed by atoms with E-state index in [1.807, 2.05) is 12.1 Å². The fraction of sp³-hybridized carbons (Fsp3) is 0.571. The molecule has 1 aromatic rings. The number of phenolic OH excluding ortho intramolecular Hbond substituents is 1. The highest BCUT2D eigenvalue weighted by molar-refractivity contribution is 5.41. The summed E-state index contributed by atoms with van der Waals surface area (Å²) in [6.07, 6.45) is 0.248. The smallest absolute Gasteiger partial charge is 0.160 e. The molecule has 1 aliphatic rings. The minimum atomic E-state index is 0.175. The van der Waals surface area contributed by atoms with E-state index in [2.05, 4.69) is 17.3 Å². The second-order valence-electron chi connectivity index (χ2n) is 4.90. The third kappa shape index (κ3) is 4.09. The first kappa shape index (κ1) is 14.1. The summed E-state index contributed by atoms with van der Waals surface area (Å²) in [5.74, 6) is 0.690. The molecule has 2 rings (SSSR count). The van der Waals surface area contributed by atoms with Crippen LogP contribution in [0.5, 0.6) is 11.5 Å². The van der Waals surface area contributed by atoms with E-state index in [9.17, 15) is 5.11 Å². The van der Waals surface area contributed by atoms with Crippen LogP contribution in [0.1, 0.15) is 5.56 Å². The average Bonchev–Trinajstić information content (AvgIpc) is 2.42. The Hall–Kier alpha value is -1.30. The number of morpholine rings is 1. The van der Waals surface area contributed by atoms with E-state index in [1.54, 1.807) is 13.2 Å². The van der Waals surface area contributed by atoms with Crippen molar-refractivity contribution in [2.45, 2.75) is 12.6 Å². The summed E-state index contributed by atoms with van der Waals surface area (Å²) in [6, 6.07) is 5.45. The van der Waals surface area contributed by atoms with Crippen molar-refractivity contribution in [3.63, 3.8) is 0 Å². The molecule has 1 saturated heterocycles. The van der Waals surface area contributed by atoms with Gasteiger partial charge in [0.2, 0.25) is 0 Å². The SMILES string of the molecule is COc1cc(CN(C)CC2CNCCO2)ccc1O. The molecule has 106 valence electrons. The van der Waals surface area contributed by atoms with Gasteiger partial charge >= 0.3 is 0 Å². The zero-order valence-electron chi connectivity index (χ0n) is 11.6. The zero-order chi connectivity index (χ0) is 13.7. The summed E-state index contributed by atoms with van der Waals surface area (Å²) in [5, 5.41) is 12.9. The Morgan fingerprint density at radius 3 is 3.05 bits per heavy atom. The summed E-state index contributed by atoms with van der Waals surface area (Å²) in [7, 11) is 3.63. The molecule has 1 heterocycles. The molecule has 19 heavy (non-hydrogen) atoms. The van der Waals surface area contributed by atoms with Crippen molar-refractivity contribution in [3.8, 4) is 11.5 Å². The maximum absolute atomic E-state index is 9.56. The Labute approximate surface area is 114 Å². The molecule has 2 N–H and O–H groups in total. The van der Waals surface area contributed by atoms with Crippen LogP contribution in [-0.2, 0) is 11.3 Å². The quantitative estimate of drug-likeness (QED) is 0.826. The molecule has 5 nitrogen and oxygen atoms in total. The van der Waals surface area contributed by atoms with Gasteiger partial charge in [-0.1, -0.05) is 6.07 Å². The Bertz CT molecular complexity index is 406. The Morgan fingerprint density at radius 1 is 1.53 bits per heavy atom. The predicted molar refractivity (Wildman–Crippen MR) is 73.6 cm³/mol. The molecular weight excluding hydrogens is 244 g/mol. The van der Waals surface area contributed by atoms with E-state index in [1.165, 1.54) is 0 Å². The highest BCUT2D eigenvalue weighted by atomic mass is 16.5. The van der Waals surface area contributed by atoms with Gasteiger partial charge in [-0.15, -0.1) is 0 Å². The van der Waals surface area contributed by atoms with E-state index >= 15 is 0 Å². The Morgan fingerprint density at radius 2 is 2.37 bits per heavy atom. The van der Waals surface area contributed by atoms with Gasteiger partial charge in [0.05, 0.1) is 19.8 Å². The van der Waals surface area contributed by atoms with Crippen LogP contribution < -0.4 is 10.1 Å². The van der Waals surface area contributed by atoms with Gasteiger partial charge in [0.25, 0.3) is 0 Å². The van der Waals surface area contributed by atoms with Gasteiger partial charge in [-0.3, -0.25) is 4.90 Å². The standard InChI is InChI=1S/C14H22N2O3/c1-16(10-12-8-15-5-6-19-12)9-11-3-4-13(17)14(7-11)18-2/h3-4,7,12,15,17H,5-6,8-10H2,1-2H3. The van der Waals surface area contributed by atoms with E-state index in [-0.39, 0.29) is 11.9 Å². The van der Waals surface area contributed by atoms with Crippen LogP contribution in [0.25, 0.3) is 0 Å². The van der Waals surface area contributed by atoms with Crippen LogP contribution in [0.3, 0.4) is 0 Å². The number of methoxy groups -OCH3 is 1. The molecule has 1 atom stereocenters. The number of nitrogens with one attached hydrogen (secondary N) is 1. The number of nitrogens with zero attached hydrogens (tertiary/aromatic N) is 1. The topological polar surface area (TPSA) is 54.0 Å². The van der Waals surface area contributed by atoms with Crippen molar-refractivity contribution < 1.29 is 14.6 Å². The Balaban J connectivity index is 1.88. The van der Waals surface area contributed by atoms with Crippen LogP contribution in [0, 0.1) is 0 Å². The van der Waals surface area contributed by atoms with Gasteiger partial charge < -0.3 is 19.9 Å². The monoisotopic (exact) mass is 266 g/mol. The van der Waals surface area contributed by atoms with Gasteiger partial charge in [0.1, 0.15) is 0 Å². The first-order chi connectivity index (χ1) is 9.19. The molecule has 1 aromatic carbocycles. The lowest BCUT2D eigenvalue weighted by atomic mass is 10.2. The van der Waals surface area contributed by atoms with Crippen molar-refractivity contribution in [3.05, 3.63) is 23.8 Å². The van der Waals surface area contributed by atoms with Gasteiger partial charge in [-0.2, -0.15) is 0 Å². The van der Waals surface area contributed by atoms with Gasteiger partial charge in [0, 0.05) is 26.2 Å². The lowest BCUT2D eigenvalue weighted by molar-refractivity contribution is 0.00884. The molecule has 0 spiro atoms. The summed E-state index contributed by atoms with van der Waals surface area (Å²) < 4.78 is 10.8.